The normalized spacial score (nSPS) is 10.2. The summed E-state index contributed by atoms with van der Waals surface area (Å²) >= 11 is 0. The van der Waals surface area contributed by atoms with Crippen molar-refractivity contribution >= 4 is 6.03 Å². The van der Waals surface area contributed by atoms with Crippen molar-refractivity contribution in [3.8, 4) is 5.69 Å². The van der Waals surface area contributed by atoms with Gasteiger partial charge >= 0.3 is 6.03 Å². The third kappa shape index (κ3) is 3.78. The Hall–Kier alpha value is -2.41. The highest BCUT2D eigenvalue weighted by Crippen LogP contribution is 2.07. The average Bonchev–Trinajstić information content (AvgIpc) is 2.97. The lowest BCUT2D eigenvalue weighted by molar-refractivity contribution is 0.234. The van der Waals surface area contributed by atoms with Crippen LogP contribution in [0.1, 0.15) is 5.56 Å². The summed E-state index contributed by atoms with van der Waals surface area (Å²) in [5, 5.41) is 17.8. The summed E-state index contributed by atoms with van der Waals surface area (Å²) in [6.45, 7) is 0.603. The number of carbonyl (C=O) groups is 1. The van der Waals surface area contributed by atoms with Crippen LogP contribution in [0.2, 0.25) is 0 Å². The molecule has 2 aromatic rings. The largest absolute Gasteiger partial charge is 0.395 e. The maximum Gasteiger partial charge on any atom is 0.315 e. The van der Waals surface area contributed by atoms with Crippen molar-refractivity contribution in [2.75, 3.05) is 13.2 Å². The molecule has 7 nitrogen and oxygen atoms in total. The third-order valence-electron chi connectivity index (χ3n) is 2.47. The molecule has 1 aromatic carbocycles. The lowest BCUT2D eigenvalue weighted by Crippen LogP contribution is -2.36. The van der Waals surface area contributed by atoms with Crippen LogP contribution in [-0.2, 0) is 6.54 Å². The van der Waals surface area contributed by atoms with Crippen molar-refractivity contribution in [3.63, 3.8) is 0 Å². The number of amides is 2. The molecule has 1 aromatic heterocycles. The molecule has 0 atom stereocenters. The monoisotopic (exact) mass is 261 g/mol. The smallest absolute Gasteiger partial charge is 0.315 e. The van der Waals surface area contributed by atoms with E-state index in [1.807, 2.05) is 24.3 Å². The van der Waals surface area contributed by atoms with Gasteiger partial charge < -0.3 is 15.7 Å². The van der Waals surface area contributed by atoms with Crippen LogP contribution >= 0.6 is 0 Å². The van der Waals surface area contributed by atoms with Gasteiger partial charge in [-0.1, -0.05) is 12.1 Å². The fourth-order valence-corrected chi connectivity index (χ4v) is 1.52. The minimum atomic E-state index is -0.297. The molecule has 0 spiro atoms. The first-order valence-corrected chi connectivity index (χ1v) is 5.86. The summed E-state index contributed by atoms with van der Waals surface area (Å²) in [6, 6.07) is 7.32. The molecule has 0 saturated carbocycles. The summed E-state index contributed by atoms with van der Waals surface area (Å²) in [4.78, 5) is 15.1. The molecule has 19 heavy (non-hydrogen) atoms. The second kappa shape index (κ2) is 6.50. The minimum absolute atomic E-state index is 0.0694. The number of hydrogen-bond acceptors (Lipinski definition) is 4. The van der Waals surface area contributed by atoms with Gasteiger partial charge in [-0.15, -0.1) is 0 Å². The Balaban J connectivity index is 1.87. The van der Waals surface area contributed by atoms with E-state index in [1.54, 1.807) is 11.0 Å². The highest BCUT2D eigenvalue weighted by molar-refractivity contribution is 5.73. The van der Waals surface area contributed by atoms with Crippen LogP contribution in [0.15, 0.2) is 36.9 Å². The zero-order valence-corrected chi connectivity index (χ0v) is 10.3. The summed E-state index contributed by atoms with van der Waals surface area (Å²) < 4.78 is 1.66. The zero-order chi connectivity index (χ0) is 13.5. The van der Waals surface area contributed by atoms with Crippen LogP contribution in [0.25, 0.3) is 5.69 Å². The Morgan fingerprint density at radius 2 is 2.05 bits per heavy atom. The van der Waals surface area contributed by atoms with E-state index in [0.29, 0.717) is 6.54 Å². The Morgan fingerprint density at radius 1 is 1.26 bits per heavy atom. The van der Waals surface area contributed by atoms with Gasteiger partial charge in [0.05, 0.1) is 12.3 Å². The molecule has 0 unspecified atom stereocenters. The van der Waals surface area contributed by atoms with E-state index in [4.69, 9.17) is 5.11 Å². The van der Waals surface area contributed by atoms with E-state index in [9.17, 15) is 4.79 Å². The Bertz CT molecular complexity index is 509. The van der Waals surface area contributed by atoms with Crippen molar-refractivity contribution < 1.29 is 9.90 Å². The molecule has 2 rings (SSSR count). The Kier molecular flexibility index (Phi) is 4.46. The number of aromatic nitrogens is 3. The predicted octanol–water partition coefficient (Wildman–Crippen LogP) is 0.0588. The van der Waals surface area contributed by atoms with E-state index in [2.05, 4.69) is 20.7 Å². The number of nitrogens with zero attached hydrogens (tertiary/aromatic N) is 3. The van der Waals surface area contributed by atoms with E-state index in [1.165, 1.54) is 6.33 Å². The molecule has 1 heterocycles. The quantitative estimate of drug-likeness (QED) is 0.709. The highest BCUT2D eigenvalue weighted by Gasteiger charge is 2.00. The summed E-state index contributed by atoms with van der Waals surface area (Å²) in [6.07, 6.45) is 3.09. The van der Waals surface area contributed by atoms with Crippen molar-refractivity contribution in [2.24, 2.45) is 0 Å². The number of aliphatic hydroxyl groups excluding tert-OH is 1. The minimum Gasteiger partial charge on any atom is -0.395 e. The molecule has 3 N–H and O–H groups in total. The number of aliphatic hydroxyl groups is 1. The maximum absolute atomic E-state index is 11.3. The molecular weight excluding hydrogens is 246 g/mol. The highest BCUT2D eigenvalue weighted by atomic mass is 16.3. The molecule has 0 aliphatic heterocycles. The second-order valence-electron chi connectivity index (χ2n) is 3.84. The number of carbonyl (C=O) groups excluding carboxylic acids is 1. The Morgan fingerprint density at radius 3 is 2.68 bits per heavy atom. The van der Waals surface area contributed by atoms with Gasteiger partial charge in [-0.05, 0) is 17.7 Å². The predicted molar refractivity (Wildman–Crippen MR) is 68.7 cm³/mol. The van der Waals surface area contributed by atoms with Crippen LogP contribution in [0.5, 0.6) is 0 Å². The maximum atomic E-state index is 11.3. The van der Waals surface area contributed by atoms with E-state index in [0.717, 1.165) is 11.3 Å². The molecule has 2 amide bonds. The van der Waals surface area contributed by atoms with Gasteiger partial charge in [-0.3, -0.25) is 0 Å². The molecule has 0 fully saturated rings. The lowest BCUT2D eigenvalue weighted by atomic mass is 10.2. The van der Waals surface area contributed by atoms with Crippen LogP contribution in [0.3, 0.4) is 0 Å². The van der Waals surface area contributed by atoms with Gasteiger partial charge in [-0.2, -0.15) is 5.10 Å². The molecule has 0 radical (unpaired) electrons. The molecule has 0 aliphatic carbocycles. The van der Waals surface area contributed by atoms with Crippen molar-refractivity contribution in [2.45, 2.75) is 6.54 Å². The average molecular weight is 261 g/mol. The van der Waals surface area contributed by atoms with Crippen LogP contribution in [0.4, 0.5) is 4.79 Å². The van der Waals surface area contributed by atoms with Crippen LogP contribution in [0, 0.1) is 0 Å². The van der Waals surface area contributed by atoms with Gasteiger partial charge in [0.2, 0.25) is 0 Å². The van der Waals surface area contributed by atoms with Gasteiger partial charge in [-0.25, -0.2) is 14.5 Å². The molecule has 0 bridgehead atoms. The lowest BCUT2D eigenvalue weighted by Gasteiger charge is -2.07. The fourth-order valence-electron chi connectivity index (χ4n) is 1.52. The van der Waals surface area contributed by atoms with Gasteiger partial charge in [0.1, 0.15) is 12.7 Å². The molecule has 0 aliphatic rings. The standard InChI is InChI=1S/C12H15N5O2/c18-6-5-14-12(19)15-7-10-1-3-11(4-2-10)17-9-13-8-16-17/h1-4,8-9,18H,5-7H2,(H2,14,15,19). The van der Waals surface area contributed by atoms with E-state index >= 15 is 0 Å². The number of nitrogens with one attached hydrogen (secondary N) is 2. The van der Waals surface area contributed by atoms with Gasteiger partial charge in [0, 0.05) is 13.1 Å². The molecule has 0 saturated heterocycles. The van der Waals surface area contributed by atoms with Crippen molar-refractivity contribution in [1.82, 2.24) is 25.4 Å². The topological polar surface area (TPSA) is 92.1 Å². The first kappa shape index (κ1) is 13.0. The number of urea groups is 1. The zero-order valence-electron chi connectivity index (χ0n) is 10.3. The summed E-state index contributed by atoms with van der Waals surface area (Å²) in [7, 11) is 0. The number of rotatable bonds is 5. The first-order chi connectivity index (χ1) is 9.29. The molecule has 100 valence electrons. The summed E-state index contributed by atoms with van der Waals surface area (Å²) in [5.74, 6) is 0. The van der Waals surface area contributed by atoms with Gasteiger partial charge in [0.25, 0.3) is 0 Å². The first-order valence-electron chi connectivity index (χ1n) is 5.86. The molecular formula is C12H15N5O2. The number of benzene rings is 1. The van der Waals surface area contributed by atoms with E-state index in [-0.39, 0.29) is 19.2 Å². The summed E-state index contributed by atoms with van der Waals surface area (Å²) in [5.41, 5.74) is 1.88. The van der Waals surface area contributed by atoms with Crippen molar-refractivity contribution in [3.05, 3.63) is 42.5 Å². The second-order valence-corrected chi connectivity index (χ2v) is 3.84. The van der Waals surface area contributed by atoms with Crippen LogP contribution in [-0.4, -0.2) is 39.1 Å². The van der Waals surface area contributed by atoms with E-state index < -0.39 is 0 Å². The SMILES string of the molecule is O=C(NCCO)NCc1ccc(-n2cncn2)cc1. The number of hydrogen-bond donors (Lipinski definition) is 3. The third-order valence-corrected chi connectivity index (χ3v) is 2.47. The van der Waals surface area contributed by atoms with Crippen LogP contribution < -0.4 is 10.6 Å². The van der Waals surface area contributed by atoms with Gasteiger partial charge in [0.15, 0.2) is 0 Å². The Labute approximate surface area is 110 Å². The van der Waals surface area contributed by atoms with Crippen molar-refractivity contribution in [1.29, 1.82) is 0 Å². The molecule has 7 heteroatoms. The fraction of sp³-hybridized carbons (Fsp3) is 0.250.